The van der Waals surface area contributed by atoms with E-state index in [1.807, 2.05) is 0 Å². The molecule has 0 radical (unpaired) electrons. The quantitative estimate of drug-likeness (QED) is 0.542. The summed E-state index contributed by atoms with van der Waals surface area (Å²) in [5.41, 5.74) is 8.51. The van der Waals surface area contributed by atoms with Crippen LogP contribution in [0.3, 0.4) is 0 Å². The van der Waals surface area contributed by atoms with Gasteiger partial charge in [-0.3, -0.25) is 5.10 Å². The van der Waals surface area contributed by atoms with Crippen molar-refractivity contribution >= 4 is 0 Å². The second-order valence-electron chi connectivity index (χ2n) is 8.58. The van der Waals surface area contributed by atoms with Crippen LogP contribution in [0.15, 0.2) is 30.3 Å². The summed E-state index contributed by atoms with van der Waals surface area (Å²) in [6.45, 7) is 11.1. The van der Waals surface area contributed by atoms with Crippen LogP contribution in [0.4, 0.5) is 0 Å². The van der Waals surface area contributed by atoms with Gasteiger partial charge in [-0.2, -0.15) is 5.10 Å². The van der Waals surface area contributed by atoms with Crippen LogP contribution in [0.2, 0.25) is 0 Å². The van der Waals surface area contributed by atoms with E-state index in [0.717, 1.165) is 69.5 Å². The Morgan fingerprint density at radius 1 is 0.774 bits per heavy atom. The predicted octanol–water partition coefficient (Wildman–Crippen LogP) is 4.53. The van der Waals surface area contributed by atoms with Crippen molar-refractivity contribution in [2.75, 3.05) is 26.4 Å². The number of H-pyrrole nitrogens is 1. The molecule has 0 bridgehead atoms. The zero-order chi connectivity index (χ0) is 21.5. The molecule has 0 spiro atoms. The molecule has 2 fully saturated rings. The molecule has 6 heteroatoms. The molecule has 2 atom stereocenters. The molecule has 31 heavy (non-hydrogen) atoms. The maximum atomic E-state index is 5.96. The molecule has 0 amide bonds. The zero-order valence-corrected chi connectivity index (χ0v) is 18.5. The van der Waals surface area contributed by atoms with Crippen LogP contribution in [0.1, 0.15) is 22.3 Å². The molecular weight excluding hydrogens is 392 g/mol. The van der Waals surface area contributed by atoms with Crippen LogP contribution in [-0.2, 0) is 9.47 Å². The molecule has 5 rings (SSSR count). The van der Waals surface area contributed by atoms with Crippen LogP contribution in [0.5, 0.6) is 11.5 Å². The molecule has 0 aliphatic carbocycles. The standard InChI is InChI=1S/C25H28N2O4/c1-14-5-18(6-15(2)24(14)30-12-20-10-28-20)22-9-23(27-26-22)19-7-16(3)25(17(4)8-19)31-13-21-11-29-21/h5-9,20-21H,10-13H2,1-4H3,(H,26,27). The van der Waals surface area contributed by atoms with Crippen molar-refractivity contribution in [1.29, 1.82) is 0 Å². The zero-order valence-electron chi connectivity index (χ0n) is 18.5. The fourth-order valence-corrected chi connectivity index (χ4v) is 3.96. The number of nitrogens with one attached hydrogen (secondary N) is 1. The average Bonchev–Trinajstić information content (AvgIpc) is 3.66. The van der Waals surface area contributed by atoms with Gasteiger partial charge < -0.3 is 18.9 Å². The number of epoxide rings is 2. The van der Waals surface area contributed by atoms with Gasteiger partial charge in [0.2, 0.25) is 0 Å². The molecule has 2 saturated heterocycles. The fraction of sp³-hybridized carbons (Fsp3) is 0.400. The van der Waals surface area contributed by atoms with Gasteiger partial charge in [-0.05, 0) is 80.3 Å². The van der Waals surface area contributed by atoms with Gasteiger partial charge in [-0.15, -0.1) is 0 Å². The number of hydrogen-bond acceptors (Lipinski definition) is 5. The number of rotatable bonds is 8. The summed E-state index contributed by atoms with van der Waals surface area (Å²) < 4.78 is 22.4. The second-order valence-corrected chi connectivity index (χ2v) is 8.58. The molecule has 1 N–H and O–H groups in total. The van der Waals surface area contributed by atoms with Crippen LogP contribution < -0.4 is 9.47 Å². The Morgan fingerprint density at radius 2 is 1.23 bits per heavy atom. The fourth-order valence-electron chi connectivity index (χ4n) is 3.96. The molecular formula is C25H28N2O4. The lowest BCUT2D eigenvalue weighted by Crippen LogP contribution is -2.06. The summed E-state index contributed by atoms with van der Waals surface area (Å²) in [5.74, 6) is 1.88. The molecule has 2 unspecified atom stereocenters. The molecule has 162 valence electrons. The smallest absolute Gasteiger partial charge is 0.125 e. The van der Waals surface area contributed by atoms with Gasteiger partial charge in [0.1, 0.15) is 36.9 Å². The summed E-state index contributed by atoms with van der Waals surface area (Å²) in [6, 6.07) is 10.6. The van der Waals surface area contributed by atoms with E-state index in [1.165, 1.54) is 0 Å². The van der Waals surface area contributed by atoms with Gasteiger partial charge in [0, 0.05) is 11.1 Å². The highest BCUT2D eigenvalue weighted by molar-refractivity contribution is 5.71. The van der Waals surface area contributed by atoms with E-state index >= 15 is 0 Å². The van der Waals surface area contributed by atoms with Crippen molar-refractivity contribution in [2.24, 2.45) is 0 Å². The Bertz CT molecular complexity index is 980. The van der Waals surface area contributed by atoms with Crippen molar-refractivity contribution < 1.29 is 18.9 Å². The largest absolute Gasteiger partial charge is 0.490 e. The van der Waals surface area contributed by atoms with Crippen molar-refractivity contribution in [1.82, 2.24) is 10.2 Å². The van der Waals surface area contributed by atoms with Crippen LogP contribution >= 0.6 is 0 Å². The maximum Gasteiger partial charge on any atom is 0.125 e. The van der Waals surface area contributed by atoms with E-state index < -0.39 is 0 Å². The summed E-state index contributed by atoms with van der Waals surface area (Å²) in [5, 5.41) is 7.77. The van der Waals surface area contributed by atoms with Crippen LogP contribution in [0, 0.1) is 27.7 Å². The van der Waals surface area contributed by atoms with Crippen molar-refractivity contribution in [2.45, 2.75) is 39.9 Å². The summed E-state index contributed by atoms with van der Waals surface area (Å²) in [6.07, 6.45) is 0.498. The molecule has 2 aliphatic rings. The number of aromatic amines is 1. The van der Waals surface area contributed by atoms with Gasteiger partial charge in [0.25, 0.3) is 0 Å². The minimum atomic E-state index is 0.248. The van der Waals surface area contributed by atoms with Crippen molar-refractivity contribution in [3.05, 3.63) is 52.6 Å². The Hall–Kier alpha value is -2.83. The highest BCUT2D eigenvalue weighted by atomic mass is 16.6. The van der Waals surface area contributed by atoms with E-state index in [1.54, 1.807) is 0 Å². The van der Waals surface area contributed by atoms with Gasteiger partial charge in [0.05, 0.1) is 24.6 Å². The summed E-state index contributed by atoms with van der Waals surface area (Å²) in [7, 11) is 0. The Labute approximate surface area is 182 Å². The number of aromatic nitrogens is 2. The van der Waals surface area contributed by atoms with E-state index in [2.05, 4.69) is 68.2 Å². The van der Waals surface area contributed by atoms with Crippen molar-refractivity contribution in [3.8, 4) is 34.0 Å². The van der Waals surface area contributed by atoms with Crippen LogP contribution in [-0.4, -0.2) is 48.8 Å². The summed E-state index contributed by atoms with van der Waals surface area (Å²) >= 11 is 0. The molecule has 3 heterocycles. The van der Waals surface area contributed by atoms with Gasteiger partial charge in [-0.1, -0.05) is 0 Å². The third-order valence-electron chi connectivity index (χ3n) is 5.74. The molecule has 2 aromatic carbocycles. The normalized spacial score (nSPS) is 19.4. The molecule has 2 aliphatic heterocycles. The lowest BCUT2D eigenvalue weighted by molar-refractivity contribution is 0.260. The monoisotopic (exact) mass is 420 g/mol. The number of ether oxygens (including phenoxy) is 4. The van der Waals surface area contributed by atoms with E-state index in [-0.39, 0.29) is 12.2 Å². The number of nitrogens with zero attached hydrogens (tertiary/aromatic N) is 1. The lowest BCUT2D eigenvalue weighted by atomic mass is 10.0. The minimum absolute atomic E-state index is 0.248. The van der Waals surface area contributed by atoms with E-state index in [0.29, 0.717) is 13.2 Å². The third-order valence-corrected chi connectivity index (χ3v) is 5.74. The Morgan fingerprint density at radius 3 is 1.68 bits per heavy atom. The van der Waals surface area contributed by atoms with E-state index in [4.69, 9.17) is 18.9 Å². The van der Waals surface area contributed by atoms with Crippen molar-refractivity contribution in [3.63, 3.8) is 0 Å². The van der Waals surface area contributed by atoms with Gasteiger partial charge in [0.15, 0.2) is 0 Å². The first-order valence-electron chi connectivity index (χ1n) is 10.8. The Kier molecular flexibility index (Phi) is 5.20. The number of aryl methyl sites for hydroxylation is 4. The van der Waals surface area contributed by atoms with Gasteiger partial charge in [-0.25, -0.2) is 0 Å². The molecule has 3 aromatic rings. The summed E-state index contributed by atoms with van der Waals surface area (Å²) in [4.78, 5) is 0. The number of benzene rings is 2. The third kappa shape index (κ3) is 4.45. The number of hydrogen-bond donors (Lipinski definition) is 1. The average molecular weight is 421 g/mol. The molecule has 1 aromatic heterocycles. The van der Waals surface area contributed by atoms with E-state index in [9.17, 15) is 0 Å². The minimum Gasteiger partial charge on any atom is -0.490 e. The second kappa shape index (κ2) is 8.02. The SMILES string of the molecule is Cc1cc(-c2cc(-c3cc(C)c(OCC4CO4)c(C)c3)[nH]n2)cc(C)c1OCC1CO1. The predicted molar refractivity (Wildman–Crippen MR) is 119 cm³/mol. The highest BCUT2D eigenvalue weighted by Gasteiger charge is 2.25. The highest BCUT2D eigenvalue weighted by Crippen LogP contribution is 2.34. The lowest BCUT2D eigenvalue weighted by Gasteiger charge is -2.13. The Balaban J connectivity index is 1.37. The first-order valence-corrected chi connectivity index (χ1v) is 10.8. The molecule has 0 saturated carbocycles. The molecule has 6 nitrogen and oxygen atoms in total. The first-order chi connectivity index (χ1) is 15.0. The maximum absolute atomic E-state index is 5.96. The first kappa shape index (κ1) is 20.1. The van der Waals surface area contributed by atoms with Gasteiger partial charge >= 0.3 is 0 Å². The topological polar surface area (TPSA) is 72.2 Å². The van der Waals surface area contributed by atoms with Crippen LogP contribution in [0.25, 0.3) is 22.5 Å².